The van der Waals surface area contributed by atoms with Crippen LogP contribution in [0.3, 0.4) is 0 Å². The molecule has 0 saturated carbocycles. The highest BCUT2D eigenvalue weighted by Gasteiger charge is 2.25. The number of H-pyrrole nitrogens is 1. The second-order valence-corrected chi connectivity index (χ2v) is 7.17. The zero-order valence-corrected chi connectivity index (χ0v) is 14.9. The molecule has 0 radical (unpaired) electrons. The molecule has 0 spiro atoms. The zero-order chi connectivity index (χ0) is 19.4. The standard InChI is InChI=1S/C16H15FN6O3S/c1-10(23-27(25,26)13-8-3-2-6-11(13)17)15(24)20-16-19-14(21-22-16)12-7-4-5-9-18-12/h2-10,23H,1H3,(H2,19,20,21,22,24)/t10-/m1/s1. The molecule has 0 unspecified atom stereocenters. The number of nitrogens with zero attached hydrogens (tertiary/aromatic N) is 3. The summed E-state index contributed by atoms with van der Waals surface area (Å²) in [7, 11) is -4.21. The highest BCUT2D eigenvalue weighted by atomic mass is 32.2. The van der Waals surface area contributed by atoms with Gasteiger partial charge in [0.25, 0.3) is 0 Å². The Morgan fingerprint density at radius 3 is 2.63 bits per heavy atom. The van der Waals surface area contributed by atoms with Crippen molar-refractivity contribution < 1.29 is 17.6 Å². The second kappa shape index (κ2) is 7.60. The largest absolute Gasteiger partial charge is 0.292 e. The van der Waals surface area contributed by atoms with Crippen LogP contribution in [-0.4, -0.2) is 40.5 Å². The quantitative estimate of drug-likeness (QED) is 0.582. The smallest absolute Gasteiger partial charge is 0.249 e. The van der Waals surface area contributed by atoms with Crippen LogP contribution in [0, 0.1) is 5.82 Å². The van der Waals surface area contributed by atoms with Crippen LogP contribution >= 0.6 is 0 Å². The number of rotatable bonds is 6. The van der Waals surface area contributed by atoms with Gasteiger partial charge in [0.1, 0.15) is 16.4 Å². The molecule has 2 heterocycles. The summed E-state index contributed by atoms with van der Waals surface area (Å²) in [6.45, 7) is 1.32. The number of hydrogen-bond donors (Lipinski definition) is 3. The Morgan fingerprint density at radius 2 is 1.93 bits per heavy atom. The van der Waals surface area contributed by atoms with Gasteiger partial charge in [-0.05, 0) is 31.2 Å². The number of anilines is 1. The van der Waals surface area contributed by atoms with E-state index in [9.17, 15) is 17.6 Å². The van der Waals surface area contributed by atoms with Crippen molar-refractivity contribution in [2.45, 2.75) is 17.9 Å². The fourth-order valence-electron chi connectivity index (χ4n) is 2.17. The van der Waals surface area contributed by atoms with Gasteiger partial charge < -0.3 is 0 Å². The van der Waals surface area contributed by atoms with Crippen LogP contribution in [-0.2, 0) is 14.8 Å². The fraction of sp³-hybridized carbons (Fsp3) is 0.125. The molecule has 3 aromatic rings. The van der Waals surface area contributed by atoms with E-state index in [0.717, 1.165) is 12.1 Å². The van der Waals surface area contributed by atoms with Gasteiger partial charge in [-0.3, -0.25) is 20.2 Å². The van der Waals surface area contributed by atoms with E-state index >= 15 is 0 Å². The summed E-state index contributed by atoms with van der Waals surface area (Å²) in [5, 5.41) is 8.84. The van der Waals surface area contributed by atoms with Gasteiger partial charge in [0.05, 0.1) is 6.04 Å². The summed E-state index contributed by atoms with van der Waals surface area (Å²) in [6, 6.07) is 8.91. The van der Waals surface area contributed by atoms with Crippen LogP contribution in [0.5, 0.6) is 0 Å². The molecule has 140 valence electrons. The molecule has 0 fully saturated rings. The molecular weight excluding hydrogens is 375 g/mol. The predicted molar refractivity (Wildman–Crippen MR) is 94.4 cm³/mol. The maximum absolute atomic E-state index is 13.7. The third kappa shape index (κ3) is 4.33. The number of aromatic amines is 1. The molecule has 3 rings (SSSR count). The van der Waals surface area contributed by atoms with Gasteiger partial charge in [-0.25, -0.2) is 12.8 Å². The number of aromatic nitrogens is 4. The van der Waals surface area contributed by atoms with E-state index in [1.54, 1.807) is 24.4 Å². The van der Waals surface area contributed by atoms with E-state index in [1.165, 1.54) is 19.1 Å². The van der Waals surface area contributed by atoms with E-state index in [2.05, 4.69) is 30.2 Å². The number of carbonyl (C=O) groups is 1. The summed E-state index contributed by atoms with van der Waals surface area (Å²) >= 11 is 0. The van der Waals surface area contributed by atoms with Gasteiger partial charge in [-0.2, -0.15) is 9.71 Å². The second-order valence-electron chi connectivity index (χ2n) is 5.49. The van der Waals surface area contributed by atoms with Crippen molar-refractivity contribution in [1.29, 1.82) is 0 Å². The van der Waals surface area contributed by atoms with Gasteiger partial charge in [0.15, 0.2) is 5.82 Å². The molecule has 0 saturated heterocycles. The summed E-state index contributed by atoms with van der Waals surface area (Å²) in [5.41, 5.74) is 0.527. The van der Waals surface area contributed by atoms with Gasteiger partial charge >= 0.3 is 0 Å². The number of sulfonamides is 1. The van der Waals surface area contributed by atoms with Crippen molar-refractivity contribution in [3.8, 4) is 11.5 Å². The minimum absolute atomic E-state index is 0.0439. The molecule has 11 heteroatoms. The molecule has 0 bridgehead atoms. The van der Waals surface area contributed by atoms with Crippen LogP contribution in [0.4, 0.5) is 10.3 Å². The van der Waals surface area contributed by atoms with Crippen LogP contribution in [0.15, 0.2) is 53.6 Å². The lowest BCUT2D eigenvalue weighted by atomic mass is 10.3. The van der Waals surface area contributed by atoms with Crippen molar-refractivity contribution >= 4 is 21.9 Å². The highest BCUT2D eigenvalue weighted by molar-refractivity contribution is 7.89. The summed E-state index contributed by atoms with van der Waals surface area (Å²) in [4.78, 5) is 19.8. The molecule has 1 amide bonds. The molecule has 0 aliphatic heterocycles. The molecule has 3 N–H and O–H groups in total. The maximum atomic E-state index is 13.7. The topological polar surface area (TPSA) is 130 Å². The van der Waals surface area contributed by atoms with Crippen molar-refractivity contribution in [3.05, 3.63) is 54.5 Å². The summed E-state index contributed by atoms with van der Waals surface area (Å²) in [5.74, 6) is -1.32. The van der Waals surface area contributed by atoms with Crippen LogP contribution in [0.25, 0.3) is 11.5 Å². The number of amides is 1. The molecule has 27 heavy (non-hydrogen) atoms. The zero-order valence-electron chi connectivity index (χ0n) is 14.0. The first-order valence-electron chi connectivity index (χ1n) is 7.78. The Morgan fingerprint density at radius 1 is 1.19 bits per heavy atom. The minimum Gasteiger partial charge on any atom is -0.292 e. The molecule has 1 atom stereocenters. The molecule has 0 aliphatic rings. The normalized spacial score (nSPS) is 12.5. The van der Waals surface area contributed by atoms with Gasteiger partial charge in [0.2, 0.25) is 21.9 Å². The van der Waals surface area contributed by atoms with Gasteiger partial charge in [-0.1, -0.05) is 18.2 Å². The monoisotopic (exact) mass is 390 g/mol. The van der Waals surface area contributed by atoms with E-state index in [0.29, 0.717) is 11.5 Å². The first kappa shape index (κ1) is 18.6. The van der Waals surface area contributed by atoms with Gasteiger partial charge in [-0.15, -0.1) is 5.10 Å². The lowest BCUT2D eigenvalue weighted by molar-refractivity contribution is -0.117. The minimum atomic E-state index is -4.21. The van der Waals surface area contributed by atoms with Crippen molar-refractivity contribution in [3.63, 3.8) is 0 Å². The summed E-state index contributed by atoms with van der Waals surface area (Å²) in [6.07, 6.45) is 1.58. The Labute approximate surface area is 154 Å². The van der Waals surface area contributed by atoms with Crippen molar-refractivity contribution in [1.82, 2.24) is 24.9 Å². The number of benzene rings is 1. The fourth-order valence-corrected chi connectivity index (χ4v) is 3.45. The average molecular weight is 390 g/mol. The van der Waals surface area contributed by atoms with Crippen LogP contribution in [0.1, 0.15) is 6.92 Å². The van der Waals surface area contributed by atoms with Crippen molar-refractivity contribution in [2.75, 3.05) is 5.32 Å². The van der Waals surface area contributed by atoms with E-state index in [-0.39, 0.29) is 5.95 Å². The molecular formula is C16H15FN6O3S. The summed E-state index contributed by atoms with van der Waals surface area (Å²) < 4.78 is 40.3. The highest BCUT2D eigenvalue weighted by Crippen LogP contribution is 2.15. The molecule has 9 nitrogen and oxygen atoms in total. The third-order valence-corrected chi connectivity index (χ3v) is 5.05. The van der Waals surface area contributed by atoms with Crippen molar-refractivity contribution in [2.24, 2.45) is 0 Å². The number of halogens is 1. The SMILES string of the molecule is C[C@@H](NS(=O)(=O)c1ccccc1F)C(=O)Nc1n[nH]c(-c2ccccn2)n1. The Kier molecular flexibility index (Phi) is 5.23. The molecule has 1 aromatic carbocycles. The average Bonchev–Trinajstić information content (AvgIpc) is 3.11. The number of carbonyl (C=O) groups excluding carboxylic acids is 1. The Hall–Kier alpha value is -3.18. The van der Waals surface area contributed by atoms with E-state index in [4.69, 9.17) is 0 Å². The predicted octanol–water partition coefficient (Wildman–Crippen LogP) is 1.31. The van der Waals surface area contributed by atoms with Crippen LogP contribution in [0.2, 0.25) is 0 Å². The van der Waals surface area contributed by atoms with Gasteiger partial charge in [0, 0.05) is 6.20 Å². The lowest BCUT2D eigenvalue weighted by Crippen LogP contribution is -2.41. The first-order valence-corrected chi connectivity index (χ1v) is 9.26. The molecule has 0 aliphatic carbocycles. The van der Waals surface area contributed by atoms with E-state index in [1.807, 2.05) is 0 Å². The number of nitrogens with one attached hydrogen (secondary N) is 3. The Balaban J connectivity index is 1.68. The Bertz CT molecular complexity index is 1050. The maximum Gasteiger partial charge on any atom is 0.249 e. The number of hydrogen-bond acceptors (Lipinski definition) is 6. The third-order valence-electron chi connectivity index (χ3n) is 3.48. The lowest BCUT2D eigenvalue weighted by Gasteiger charge is -2.13. The van der Waals surface area contributed by atoms with Crippen LogP contribution < -0.4 is 10.0 Å². The molecule has 2 aromatic heterocycles. The van der Waals surface area contributed by atoms with E-state index < -0.39 is 32.7 Å². The number of pyridine rings is 1. The first-order chi connectivity index (χ1) is 12.9.